The number of pyridine rings is 1. The van der Waals surface area contributed by atoms with Crippen LogP contribution in [0.15, 0.2) is 42.6 Å². The number of amides is 2. The van der Waals surface area contributed by atoms with Gasteiger partial charge in [-0.3, -0.25) is 15.3 Å². The smallest absolute Gasteiger partial charge is 0.320 e. The number of morpholine rings is 1. The molecule has 2 amide bonds. The Morgan fingerprint density at radius 2 is 2.07 bits per heavy atom. The van der Waals surface area contributed by atoms with Crippen LogP contribution in [-0.2, 0) is 4.74 Å². The topological polar surface area (TPSA) is 107 Å². The van der Waals surface area contributed by atoms with E-state index in [-0.39, 0.29) is 12.1 Å². The second-order valence-corrected chi connectivity index (χ2v) is 7.30. The standard InChI is InChI=1S/C21H27N7O2/c1-15(16-5-3-2-4-6-16)24-21(29)25-19-13-18-17(14-23-19)20(27-26-18)22-7-8-28-9-11-30-12-10-28/h2-6,13-15H,7-12H2,1H3,(H2,22,26,27)(H2,23,24,25,29). The van der Waals surface area contributed by atoms with Crippen LogP contribution in [0.3, 0.4) is 0 Å². The molecule has 1 saturated heterocycles. The number of nitrogens with zero attached hydrogens (tertiary/aromatic N) is 3. The first-order chi connectivity index (χ1) is 14.7. The lowest BCUT2D eigenvalue weighted by molar-refractivity contribution is 0.0398. The van der Waals surface area contributed by atoms with E-state index in [1.54, 1.807) is 12.3 Å². The van der Waals surface area contributed by atoms with Crippen LogP contribution in [0, 0.1) is 0 Å². The molecule has 3 aromatic rings. The quantitative estimate of drug-likeness (QED) is 0.478. The van der Waals surface area contributed by atoms with Crippen molar-refractivity contribution in [3.8, 4) is 0 Å². The van der Waals surface area contributed by atoms with Crippen molar-refractivity contribution in [1.29, 1.82) is 0 Å². The van der Waals surface area contributed by atoms with Gasteiger partial charge in [0.2, 0.25) is 0 Å². The SMILES string of the molecule is CC(NC(=O)Nc1cc2[nH]nc(NCCN3CCOCC3)c2cn1)c1ccccc1. The van der Waals surface area contributed by atoms with Crippen molar-refractivity contribution in [2.24, 2.45) is 0 Å². The zero-order valence-corrected chi connectivity index (χ0v) is 17.0. The molecule has 0 radical (unpaired) electrons. The molecule has 1 unspecified atom stereocenters. The number of ether oxygens (including phenoxy) is 1. The minimum absolute atomic E-state index is 0.107. The summed E-state index contributed by atoms with van der Waals surface area (Å²) in [6.45, 7) is 7.18. The summed E-state index contributed by atoms with van der Waals surface area (Å²) in [7, 11) is 0. The number of aromatic nitrogens is 3. The zero-order chi connectivity index (χ0) is 20.8. The molecule has 2 aromatic heterocycles. The van der Waals surface area contributed by atoms with Crippen LogP contribution in [-0.4, -0.2) is 65.5 Å². The van der Waals surface area contributed by atoms with Crippen LogP contribution in [0.25, 0.3) is 10.9 Å². The predicted octanol–water partition coefficient (Wildman–Crippen LogP) is 2.58. The van der Waals surface area contributed by atoms with Gasteiger partial charge in [-0.05, 0) is 12.5 Å². The van der Waals surface area contributed by atoms with Crippen molar-refractivity contribution in [2.45, 2.75) is 13.0 Å². The van der Waals surface area contributed by atoms with Crippen molar-refractivity contribution >= 4 is 28.6 Å². The van der Waals surface area contributed by atoms with E-state index in [9.17, 15) is 4.79 Å². The molecule has 158 valence electrons. The molecule has 3 heterocycles. The van der Waals surface area contributed by atoms with E-state index in [2.05, 4.69) is 36.0 Å². The van der Waals surface area contributed by atoms with E-state index in [4.69, 9.17) is 4.74 Å². The van der Waals surface area contributed by atoms with Crippen LogP contribution < -0.4 is 16.0 Å². The van der Waals surface area contributed by atoms with E-state index >= 15 is 0 Å². The second kappa shape index (κ2) is 9.55. The Kier molecular flexibility index (Phi) is 6.41. The van der Waals surface area contributed by atoms with Gasteiger partial charge in [0, 0.05) is 38.4 Å². The lowest BCUT2D eigenvalue weighted by Crippen LogP contribution is -2.39. The van der Waals surface area contributed by atoms with E-state index in [1.165, 1.54) is 0 Å². The van der Waals surface area contributed by atoms with Crippen molar-refractivity contribution in [3.05, 3.63) is 48.2 Å². The molecule has 1 aliphatic rings. The molecule has 0 aliphatic carbocycles. The van der Waals surface area contributed by atoms with Crippen molar-refractivity contribution < 1.29 is 9.53 Å². The molecule has 1 aromatic carbocycles. The molecule has 1 aliphatic heterocycles. The predicted molar refractivity (Wildman–Crippen MR) is 117 cm³/mol. The number of urea groups is 1. The molecule has 0 spiro atoms. The van der Waals surface area contributed by atoms with Crippen LogP contribution in [0.5, 0.6) is 0 Å². The van der Waals surface area contributed by atoms with Gasteiger partial charge in [0.25, 0.3) is 0 Å². The summed E-state index contributed by atoms with van der Waals surface area (Å²) in [4.78, 5) is 19.0. The number of aromatic amines is 1. The highest BCUT2D eigenvalue weighted by atomic mass is 16.5. The molecular formula is C21H27N7O2. The normalized spacial score (nSPS) is 15.6. The first-order valence-electron chi connectivity index (χ1n) is 10.2. The molecule has 4 N–H and O–H groups in total. The zero-order valence-electron chi connectivity index (χ0n) is 17.0. The van der Waals surface area contributed by atoms with Gasteiger partial charge in [-0.1, -0.05) is 30.3 Å². The largest absolute Gasteiger partial charge is 0.379 e. The Morgan fingerprint density at radius 1 is 1.27 bits per heavy atom. The molecular weight excluding hydrogens is 382 g/mol. The number of benzene rings is 1. The number of carbonyl (C=O) groups is 1. The second-order valence-electron chi connectivity index (χ2n) is 7.30. The van der Waals surface area contributed by atoms with Crippen molar-refractivity contribution in [1.82, 2.24) is 25.4 Å². The molecule has 1 atom stereocenters. The van der Waals surface area contributed by atoms with Crippen molar-refractivity contribution in [2.75, 3.05) is 50.0 Å². The van der Waals surface area contributed by atoms with Gasteiger partial charge in [-0.15, -0.1) is 0 Å². The molecule has 0 saturated carbocycles. The summed E-state index contributed by atoms with van der Waals surface area (Å²) < 4.78 is 5.37. The molecule has 1 fully saturated rings. The number of carbonyl (C=O) groups excluding carboxylic acids is 1. The summed E-state index contributed by atoms with van der Waals surface area (Å²) in [5.41, 5.74) is 1.85. The first kappa shape index (κ1) is 20.1. The van der Waals surface area contributed by atoms with Crippen LogP contribution in [0.1, 0.15) is 18.5 Å². The van der Waals surface area contributed by atoms with Gasteiger partial charge in [0.15, 0.2) is 5.82 Å². The van der Waals surface area contributed by atoms with Gasteiger partial charge in [-0.25, -0.2) is 9.78 Å². The monoisotopic (exact) mass is 409 g/mol. The maximum absolute atomic E-state index is 12.3. The summed E-state index contributed by atoms with van der Waals surface area (Å²) >= 11 is 0. The van der Waals surface area contributed by atoms with Crippen molar-refractivity contribution in [3.63, 3.8) is 0 Å². The molecule has 9 heteroatoms. The summed E-state index contributed by atoms with van der Waals surface area (Å²) in [6.07, 6.45) is 1.71. The fourth-order valence-electron chi connectivity index (χ4n) is 3.45. The van der Waals surface area contributed by atoms with Gasteiger partial charge in [0.1, 0.15) is 5.82 Å². The number of hydrogen-bond acceptors (Lipinski definition) is 6. The molecule has 9 nitrogen and oxygen atoms in total. The Hall–Kier alpha value is -3.17. The van der Waals surface area contributed by atoms with Gasteiger partial charge < -0.3 is 15.4 Å². The highest BCUT2D eigenvalue weighted by molar-refractivity contribution is 5.94. The highest BCUT2D eigenvalue weighted by Crippen LogP contribution is 2.21. The Morgan fingerprint density at radius 3 is 2.87 bits per heavy atom. The maximum Gasteiger partial charge on any atom is 0.320 e. The lowest BCUT2D eigenvalue weighted by Gasteiger charge is -2.26. The number of rotatable bonds is 7. The minimum Gasteiger partial charge on any atom is -0.379 e. The van der Waals surface area contributed by atoms with Crippen LogP contribution in [0.4, 0.5) is 16.4 Å². The summed E-state index contributed by atoms with van der Waals surface area (Å²) in [5, 5.41) is 17.3. The van der Waals surface area contributed by atoms with E-state index in [1.807, 2.05) is 37.3 Å². The minimum atomic E-state index is -0.304. The highest BCUT2D eigenvalue weighted by Gasteiger charge is 2.13. The fourth-order valence-corrected chi connectivity index (χ4v) is 3.45. The average molecular weight is 409 g/mol. The summed E-state index contributed by atoms with van der Waals surface area (Å²) in [5.74, 6) is 1.23. The van der Waals surface area contributed by atoms with Gasteiger partial charge in [0.05, 0.1) is 30.2 Å². The van der Waals surface area contributed by atoms with Gasteiger partial charge in [-0.2, -0.15) is 5.10 Å². The third kappa shape index (κ3) is 5.05. The number of hydrogen-bond donors (Lipinski definition) is 4. The van der Waals surface area contributed by atoms with Crippen LogP contribution >= 0.6 is 0 Å². The number of anilines is 2. The number of fused-ring (bicyclic) bond motifs is 1. The average Bonchev–Trinajstić information content (AvgIpc) is 3.17. The third-order valence-corrected chi connectivity index (χ3v) is 5.16. The fraction of sp³-hybridized carbons (Fsp3) is 0.381. The first-order valence-corrected chi connectivity index (χ1v) is 10.2. The molecule has 0 bridgehead atoms. The Labute approximate surface area is 175 Å². The number of H-pyrrole nitrogens is 1. The van der Waals surface area contributed by atoms with E-state index < -0.39 is 0 Å². The summed E-state index contributed by atoms with van der Waals surface area (Å²) in [6, 6.07) is 11.2. The Balaban J connectivity index is 1.32. The van der Waals surface area contributed by atoms with Crippen LogP contribution in [0.2, 0.25) is 0 Å². The number of nitrogens with one attached hydrogen (secondary N) is 4. The Bertz CT molecular complexity index is 970. The molecule has 4 rings (SSSR count). The van der Waals surface area contributed by atoms with E-state index in [0.29, 0.717) is 5.82 Å². The maximum atomic E-state index is 12.3. The lowest BCUT2D eigenvalue weighted by atomic mass is 10.1. The van der Waals surface area contributed by atoms with Gasteiger partial charge >= 0.3 is 6.03 Å². The molecule has 30 heavy (non-hydrogen) atoms. The third-order valence-electron chi connectivity index (χ3n) is 5.16. The van der Waals surface area contributed by atoms with E-state index in [0.717, 1.165) is 61.7 Å².